The van der Waals surface area contributed by atoms with Crippen LogP contribution >= 0.6 is 0 Å². The van der Waals surface area contributed by atoms with Crippen molar-refractivity contribution < 1.29 is 14.3 Å². The van der Waals surface area contributed by atoms with Crippen molar-refractivity contribution in [3.05, 3.63) is 12.2 Å². The summed E-state index contributed by atoms with van der Waals surface area (Å²) in [5.41, 5.74) is 0. The lowest BCUT2D eigenvalue weighted by molar-refractivity contribution is -0.144. The highest BCUT2D eigenvalue weighted by Crippen LogP contribution is 2.20. The molecule has 1 saturated carbocycles. The highest BCUT2D eigenvalue weighted by atomic mass is 16.5. The normalized spacial score (nSPS) is 14.7. The predicted octanol–water partition coefficient (Wildman–Crippen LogP) is 7.80. The Hall–Kier alpha value is -1.32. The van der Waals surface area contributed by atoms with Gasteiger partial charge in [-0.05, 0) is 32.1 Å². The average molecular weight is 450 g/mol. The zero-order valence-corrected chi connectivity index (χ0v) is 21.0. The second-order valence-corrected chi connectivity index (χ2v) is 9.62. The van der Waals surface area contributed by atoms with E-state index in [2.05, 4.69) is 12.2 Å². The molecule has 0 heterocycles. The molecule has 0 aromatic heterocycles. The highest BCUT2D eigenvalue weighted by molar-refractivity contribution is 5.94. The van der Waals surface area contributed by atoms with Crippen molar-refractivity contribution in [1.82, 2.24) is 5.32 Å². The number of unbranched alkanes of at least 4 members (excludes halogenated alkanes) is 15. The van der Waals surface area contributed by atoms with Gasteiger partial charge in [0.1, 0.15) is 6.10 Å². The molecule has 1 fully saturated rings. The summed E-state index contributed by atoms with van der Waals surface area (Å²) >= 11 is 0. The van der Waals surface area contributed by atoms with E-state index < -0.39 is 5.97 Å². The lowest BCUT2D eigenvalue weighted by atomic mass is 9.98. The van der Waals surface area contributed by atoms with Gasteiger partial charge in [0.15, 0.2) is 0 Å². The molecule has 1 aliphatic rings. The Bertz CT molecular complexity index is 483. The van der Waals surface area contributed by atoms with E-state index >= 15 is 0 Å². The van der Waals surface area contributed by atoms with Gasteiger partial charge in [-0.3, -0.25) is 4.79 Å². The first kappa shape index (κ1) is 28.7. The summed E-state index contributed by atoms with van der Waals surface area (Å²) in [6, 6.07) is 0. The molecular formula is C28H51NO3. The Morgan fingerprint density at radius 1 is 0.688 bits per heavy atom. The Morgan fingerprint density at radius 2 is 1.16 bits per heavy atom. The van der Waals surface area contributed by atoms with E-state index in [0.717, 1.165) is 38.5 Å². The second kappa shape index (κ2) is 21.5. The molecule has 4 nitrogen and oxygen atoms in total. The standard InChI is InChI=1S/C28H51NO3/c1-2-3-4-5-6-7-8-9-10-11-12-13-14-15-16-20-25-29-27(30)23-24-28(31)32-26-21-18-17-19-22-26/h23-24,26H,2-22,25H2,1H3,(H,29,30)/b24-23-. The van der Waals surface area contributed by atoms with Gasteiger partial charge in [0.25, 0.3) is 0 Å². The number of nitrogens with one attached hydrogen (secondary N) is 1. The molecule has 1 amide bonds. The molecule has 0 aromatic carbocycles. The van der Waals surface area contributed by atoms with Gasteiger partial charge in [0.2, 0.25) is 5.91 Å². The fraction of sp³-hybridized carbons (Fsp3) is 0.857. The fourth-order valence-electron chi connectivity index (χ4n) is 4.47. The smallest absolute Gasteiger partial charge is 0.331 e. The third-order valence-corrected chi connectivity index (χ3v) is 6.54. The minimum absolute atomic E-state index is 0.0362. The summed E-state index contributed by atoms with van der Waals surface area (Å²) in [5.74, 6) is -0.596. The van der Waals surface area contributed by atoms with E-state index in [1.807, 2.05) is 0 Å². The quantitative estimate of drug-likeness (QED) is 0.117. The summed E-state index contributed by atoms with van der Waals surface area (Å²) in [7, 11) is 0. The number of amides is 1. The van der Waals surface area contributed by atoms with Gasteiger partial charge in [-0.15, -0.1) is 0 Å². The van der Waals surface area contributed by atoms with Crippen LogP contribution in [0.2, 0.25) is 0 Å². The van der Waals surface area contributed by atoms with E-state index in [1.165, 1.54) is 108 Å². The monoisotopic (exact) mass is 449 g/mol. The molecule has 0 unspecified atom stereocenters. The van der Waals surface area contributed by atoms with Crippen molar-refractivity contribution in [2.75, 3.05) is 6.54 Å². The van der Waals surface area contributed by atoms with Gasteiger partial charge < -0.3 is 10.1 Å². The number of carbonyl (C=O) groups is 2. The maximum atomic E-state index is 11.8. The number of esters is 1. The van der Waals surface area contributed by atoms with Gasteiger partial charge >= 0.3 is 5.97 Å². The molecule has 0 atom stereocenters. The van der Waals surface area contributed by atoms with E-state index in [1.54, 1.807) is 0 Å². The first-order valence-electron chi connectivity index (χ1n) is 13.9. The number of hydrogen-bond donors (Lipinski definition) is 1. The van der Waals surface area contributed by atoms with Gasteiger partial charge in [-0.25, -0.2) is 4.79 Å². The minimum Gasteiger partial charge on any atom is -0.459 e. The molecule has 1 aliphatic carbocycles. The van der Waals surface area contributed by atoms with Crippen molar-refractivity contribution in [1.29, 1.82) is 0 Å². The van der Waals surface area contributed by atoms with Gasteiger partial charge in [0, 0.05) is 18.7 Å². The minimum atomic E-state index is -0.394. The Labute approximate surface area is 198 Å². The van der Waals surface area contributed by atoms with Crippen LogP contribution in [-0.2, 0) is 14.3 Å². The van der Waals surface area contributed by atoms with Crippen LogP contribution in [0.5, 0.6) is 0 Å². The summed E-state index contributed by atoms with van der Waals surface area (Å²) in [6.07, 6.45) is 29.5. The van der Waals surface area contributed by atoms with Crippen molar-refractivity contribution in [3.63, 3.8) is 0 Å². The van der Waals surface area contributed by atoms with E-state index in [4.69, 9.17) is 4.74 Å². The second-order valence-electron chi connectivity index (χ2n) is 9.62. The summed E-state index contributed by atoms with van der Waals surface area (Å²) in [6.45, 7) is 2.96. The number of hydrogen-bond acceptors (Lipinski definition) is 3. The third kappa shape index (κ3) is 18.3. The van der Waals surface area contributed by atoms with Gasteiger partial charge in [-0.1, -0.05) is 110 Å². The molecule has 0 bridgehead atoms. The molecule has 186 valence electrons. The average Bonchev–Trinajstić information content (AvgIpc) is 2.80. The Kier molecular flexibility index (Phi) is 19.3. The predicted molar refractivity (Wildman–Crippen MR) is 135 cm³/mol. The molecule has 0 spiro atoms. The molecule has 0 radical (unpaired) electrons. The Balaban J connectivity index is 1.80. The van der Waals surface area contributed by atoms with Crippen LogP contribution in [0.25, 0.3) is 0 Å². The van der Waals surface area contributed by atoms with E-state index in [-0.39, 0.29) is 12.0 Å². The summed E-state index contributed by atoms with van der Waals surface area (Å²) in [5, 5.41) is 2.86. The van der Waals surface area contributed by atoms with Crippen LogP contribution in [-0.4, -0.2) is 24.5 Å². The van der Waals surface area contributed by atoms with E-state index in [0.29, 0.717) is 6.54 Å². The summed E-state index contributed by atoms with van der Waals surface area (Å²) < 4.78 is 5.37. The van der Waals surface area contributed by atoms with Crippen molar-refractivity contribution in [2.45, 2.75) is 148 Å². The van der Waals surface area contributed by atoms with Crippen LogP contribution in [0, 0.1) is 0 Å². The van der Waals surface area contributed by atoms with Crippen molar-refractivity contribution in [2.24, 2.45) is 0 Å². The van der Waals surface area contributed by atoms with Crippen molar-refractivity contribution in [3.8, 4) is 0 Å². The largest absolute Gasteiger partial charge is 0.459 e. The van der Waals surface area contributed by atoms with Crippen LogP contribution in [0.3, 0.4) is 0 Å². The molecule has 1 N–H and O–H groups in total. The molecule has 1 rings (SSSR count). The number of ether oxygens (including phenoxy) is 1. The fourth-order valence-corrected chi connectivity index (χ4v) is 4.47. The zero-order valence-electron chi connectivity index (χ0n) is 21.0. The van der Waals surface area contributed by atoms with Gasteiger partial charge in [-0.2, -0.15) is 0 Å². The molecular weight excluding hydrogens is 398 g/mol. The van der Waals surface area contributed by atoms with Crippen LogP contribution in [0.1, 0.15) is 142 Å². The maximum Gasteiger partial charge on any atom is 0.331 e. The first-order chi connectivity index (χ1) is 15.7. The molecule has 0 saturated heterocycles. The lowest BCUT2D eigenvalue weighted by Gasteiger charge is -2.20. The Morgan fingerprint density at radius 3 is 1.66 bits per heavy atom. The van der Waals surface area contributed by atoms with Crippen LogP contribution in [0.4, 0.5) is 0 Å². The topological polar surface area (TPSA) is 55.4 Å². The molecule has 32 heavy (non-hydrogen) atoms. The lowest BCUT2D eigenvalue weighted by Crippen LogP contribution is -2.23. The first-order valence-corrected chi connectivity index (χ1v) is 13.9. The molecule has 4 heteroatoms. The maximum absolute atomic E-state index is 11.8. The zero-order chi connectivity index (χ0) is 23.1. The van der Waals surface area contributed by atoms with E-state index in [9.17, 15) is 9.59 Å². The van der Waals surface area contributed by atoms with Gasteiger partial charge in [0.05, 0.1) is 0 Å². The molecule has 0 aromatic rings. The van der Waals surface area contributed by atoms with Crippen LogP contribution in [0.15, 0.2) is 12.2 Å². The summed E-state index contributed by atoms with van der Waals surface area (Å²) in [4.78, 5) is 23.6. The SMILES string of the molecule is CCCCCCCCCCCCCCCCCCNC(=O)/C=C\C(=O)OC1CCCCC1. The van der Waals surface area contributed by atoms with Crippen molar-refractivity contribution >= 4 is 11.9 Å². The highest BCUT2D eigenvalue weighted by Gasteiger charge is 2.16. The number of rotatable bonds is 20. The number of carbonyl (C=O) groups excluding carboxylic acids is 2. The van der Waals surface area contributed by atoms with Crippen LogP contribution < -0.4 is 5.32 Å². The molecule has 0 aliphatic heterocycles. The third-order valence-electron chi connectivity index (χ3n) is 6.54.